The second-order valence-electron chi connectivity index (χ2n) is 6.41. The van der Waals surface area contributed by atoms with Crippen molar-refractivity contribution in [1.82, 2.24) is 4.90 Å². The summed E-state index contributed by atoms with van der Waals surface area (Å²) in [6.45, 7) is 6.13. The molecule has 1 saturated heterocycles. The van der Waals surface area contributed by atoms with E-state index in [0.29, 0.717) is 10.0 Å². The zero-order valence-corrected chi connectivity index (χ0v) is 17.4. The van der Waals surface area contributed by atoms with Gasteiger partial charge in [0.15, 0.2) is 0 Å². The molecule has 0 saturated carbocycles. The zero-order valence-electron chi connectivity index (χ0n) is 15.1. The SMILES string of the molecule is CC(Sc1cc(Cl)ccc1Cl)C(=O)Nc1cccc(CN2CCOCC2)c1. The summed E-state index contributed by atoms with van der Waals surface area (Å²) in [5, 5.41) is 3.89. The molecular formula is C20H22Cl2N2O2S. The number of carbonyl (C=O) groups is 1. The van der Waals surface area contributed by atoms with Crippen LogP contribution in [0.25, 0.3) is 0 Å². The number of anilines is 1. The first kappa shape index (κ1) is 20.5. The van der Waals surface area contributed by atoms with Crippen LogP contribution in [0, 0.1) is 0 Å². The minimum Gasteiger partial charge on any atom is -0.379 e. The smallest absolute Gasteiger partial charge is 0.237 e. The lowest BCUT2D eigenvalue weighted by atomic mass is 10.2. The quantitative estimate of drug-likeness (QED) is 0.666. The molecule has 2 aromatic carbocycles. The van der Waals surface area contributed by atoms with Gasteiger partial charge < -0.3 is 10.1 Å². The van der Waals surface area contributed by atoms with E-state index in [1.54, 1.807) is 18.2 Å². The van der Waals surface area contributed by atoms with Crippen LogP contribution in [0.2, 0.25) is 10.0 Å². The molecule has 0 bridgehead atoms. The van der Waals surface area contributed by atoms with Crippen LogP contribution >= 0.6 is 35.0 Å². The third kappa shape index (κ3) is 6.13. The van der Waals surface area contributed by atoms with E-state index in [9.17, 15) is 4.79 Å². The number of benzene rings is 2. The third-order valence-electron chi connectivity index (χ3n) is 4.27. The number of rotatable bonds is 6. The van der Waals surface area contributed by atoms with Crippen LogP contribution in [-0.2, 0) is 16.1 Å². The molecule has 1 fully saturated rings. The van der Waals surface area contributed by atoms with Gasteiger partial charge in [-0.2, -0.15) is 0 Å². The van der Waals surface area contributed by atoms with Crippen LogP contribution in [-0.4, -0.2) is 42.4 Å². The lowest BCUT2D eigenvalue weighted by molar-refractivity contribution is -0.115. The fourth-order valence-corrected chi connectivity index (χ4v) is 4.23. The molecular weight excluding hydrogens is 403 g/mol. The van der Waals surface area contributed by atoms with E-state index in [0.717, 1.165) is 43.4 Å². The van der Waals surface area contributed by atoms with Gasteiger partial charge in [-0.25, -0.2) is 0 Å². The molecule has 0 aliphatic carbocycles. The van der Waals surface area contributed by atoms with Crippen molar-refractivity contribution in [2.45, 2.75) is 23.6 Å². The van der Waals surface area contributed by atoms with E-state index in [1.165, 1.54) is 17.3 Å². The van der Waals surface area contributed by atoms with Gasteiger partial charge in [-0.15, -0.1) is 11.8 Å². The van der Waals surface area contributed by atoms with Crippen molar-refractivity contribution in [2.75, 3.05) is 31.6 Å². The molecule has 0 radical (unpaired) electrons. The largest absolute Gasteiger partial charge is 0.379 e. The molecule has 2 aromatic rings. The monoisotopic (exact) mass is 424 g/mol. The summed E-state index contributed by atoms with van der Waals surface area (Å²) in [4.78, 5) is 15.7. The van der Waals surface area contributed by atoms with Gasteiger partial charge in [0.25, 0.3) is 0 Å². The highest BCUT2D eigenvalue weighted by Gasteiger charge is 2.17. The van der Waals surface area contributed by atoms with Crippen LogP contribution in [0.4, 0.5) is 5.69 Å². The molecule has 1 atom stereocenters. The highest BCUT2D eigenvalue weighted by molar-refractivity contribution is 8.00. The number of hydrogen-bond acceptors (Lipinski definition) is 4. The van der Waals surface area contributed by atoms with E-state index < -0.39 is 0 Å². The van der Waals surface area contributed by atoms with Crippen LogP contribution in [0.5, 0.6) is 0 Å². The summed E-state index contributed by atoms with van der Waals surface area (Å²) < 4.78 is 5.39. The Morgan fingerprint density at radius 3 is 2.78 bits per heavy atom. The Kier molecular flexibility index (Phi) is 7.44. The lowest BCUT2D eigenvalue weighted by Crippen LogP contribution is -2.35. The summed E-state index contributed by atoms with van der Waals surface area (Å²) in [7, 11) is 0. The highest BCUT2D eigenvalue weighted by atomic mass is 35.5. The number of nitrogens with one attached hydrogen (secondary N) is 1. The molecule has 144 valence electrons. The van der Waals surface area contributed by atoms with Gasteiger partial charge in [0, 0.05) is 35.2 Å². The van der Waals surface area contributed by atoms with Crippen molar-refractivity contribution in [3.8, 4) is 0 Å². The summed E-state index contributed by atoms with van der Waals surface area (Å²) in [6, 6.07) is 13.2. The Morgan fingerprint density at radius 2 is 2.00 bits per heavy atom. The Labute approximate surface area is 174 Å². The van der Waals surface area contributed by atoms with Gasteiger partial charge in [0.1, 0.15) is 0 Å². The van der Waals surface area contributed by atoms with Gasteiger partial charge in [-0.05, 0) is 42.8 Å². The molecule has 27 heavy (non-hydrogen) atoms. The van der Waals surface area contributed by atoms with Crippen LogP contribution in [0.1, 0.15) is 12.5 Å². The fourth-order valence-electron chi connectivity index (χ4n) is 2.82. The normalized spacial score (nSPS) is 16.1. The Balaban J connectivity index is 1.59. The molecule has 1 aliphatic rings. The minimum atomic E-state index is -0.302. The summed E-state index contributed by atoms with van der Waals surface area (Å²) in [6.07, 6.45) is 0. The fraction of sp³-hybridized carbons (Fsp3) is 0.350. The van der Waals surface area contributed by atoms with Crippen LogP contribution in [0.15, 0.2) is 47.4 Å². The number of thioether (sulfide) groups is 1. The van der Waals surface area contributed by atoms with Gasteiger partial charge in [-0.1, -0.05) is 35.3 Å². The molecule has 1 aliphatic heterocycles. The van der Waals surface area contributed by atoms with Gasteiger partial charge in [0.2, 0.25) is 5.91 Å². The molecule has 0 aromatic heterocycles. The molecule has 4 nitrogen and oxygen atoms in total. The van der Waals surface area contributed by atoms with Crippen molar-refractivity contribution in [3.63, 3.8) is 0 Å². The number of carbonyl (C=O) groups excluding carboxylic acids is 1. The average Bonchev–Trinajstić information content (AvgIpc) is 2.66. The predicted octanol–water partition coefficient (Wildman–Crippen LogP) is 4.94. The topological polar surface area (TPSA) is 41.6 Å². The number of halogens is 2. The molecule has 7 heteroatoms. The third-order valence-corrected chi connectivity index (χ3v) is 6.11. The Morgan fingerprint density at radius 1 is 1.22 bits per heavy atom. The van der Waals surface area contributed by atoms with E-state index >= 15 is 0 Å². The Hall–Kier alpha value is -1.24. The summed E-state index contributed by atoms with van der Waals surface area (Å²) in [5.41, 5.74) is 1.98. The molecule has 3 rings (SSSR count). The van der Waals surface area contributed by atoms with Crippen molar-refractivity contribution in [3.05, 3.63) is 58.1 Å². The van der Waals surface area contributed by atoms with Crippen molar-refractivity contribution in [2.24, 2.45) is 0 Å². The van der Waals surface area contributed by atoms with Crippen molar-refractivity contribution in [1.29, 1.82) is 0 Å². The maximum absolute atomic E-state index is 12.6. The van der Waals surface area contributed by atoms with Gasteiger partial charge in [0.05, 0.1) is 23.5 Å². The standard InChI is InChI=1S/C20H22Cl2N2O2S/c1-14(27-19-12-16(21)5-6-18(19)22)20(25)23-17-4-2-3-15(11-17)13-24-7-9-26-10-8-24/h2-6,11-12,14H,7-10,13H2,1H3,(H,23,25). The second kappa shape index (κ2) is 9.80. The number of amides is 1. The summed E-state index contributed by atoms with van der Waals surface area (Å²) >= 11 is 13.6. The van der Waals surface area contributed by atoms with Crippen molar-refractivity contribution >= 4 is 46.6 Å². The van der Waals surface area contributed by atoms with E-state index in [1.807, 2.05) is 25.1 Å². The predicted molar refractivity (Wildman–Crippen MR) is 113 cm³/mol. The van der Waals surface area contributed by atoms with E-state index in [2.05, 4.69) is 16.3 Å². The second-order valence-corrected chi connectivity index (χ2v) is 8.64. The first-order valence-electron chi connectivity index (χ1n) is 8.83. The van der Waals surface area contributed by atoms with E-state index in [-0.39, 0.29) is 11.2 Å². The molecule has 0 spiro atoms. The van der Waals surface area contributed by atoms with Crippen molar-refractivity contribution < 1.29 is 9.53 Å². The number of ether oxygens (including phenoxy) is 1. The first-order chi connectivity index (χ1) is 13.0. The highest BCUT2D eigenvalue weighted by Crippen LogP contribution is 2.33. The maximum Gasteiger partial charge on any atom is 0.237 e. The zero-order chi connectivity index (χ0) is 19.2. The lowest BCUT2D eigenvalue weighted by Gasteiger charge is -2.26. The number of morpholine rings is 1. The average molecular weight is 425 g/mol. The minimum absolute atomic E-state index is 0.0698. The van der Waals surface area contributed by atoms with Crippen LogP contribution in [0.3, 0.4) is 0 Å². The molecule has 1 heterocycles. The first-order valence-corrected chi connectivity index (χ1v) is 10.5. The molecule has 1 N–H and O–H groups in total. The van der Waals surface area contributed by atoms with E-state index in [4.69, 9.17) is 27.9 Å². The Bertz CT molecular complexity index is 797. The van der Waals surface area contributed by atoms with Gasteiger partial charge in [-0.3, -0.25) is 9.69 Å². The maximum atomic E-state index is 12.6. The number of hydrogen-bond donors (Lipinski definition) is 1. The molecule has 1 unspecified atom stereocenters. The van der Waals surface area contributed by atoms with Crippen LogP contribution < -0.4 is 5.32 Å². The number of nitrogens with zero attached hydrogens (tertiary/aromatic N) is 1. The molecule has 1 amide bonds. The van der Waals surface area contributed by atoms with Gasteiger partial charge >= 0.3 is 0 Å². The summed E-state index contributed by atoms with van der Waals surface area (Å²) in [5.74, 6) is -0.0698.